The Morgan fingerprint density at radius 3 is 2.47 bits per heavy atom. The van der Waals surface area contributed by atoms with Crippen LogP contribution >= 0.6 is 11.6 Å². The van der Waals surface area contributed by atoms with Crippen molar-refractivity contribution in [2.24, 2.45) is 0 Å². The summed E-state index contributed by atoms with van der Waals surface area (Å²) in [6.07, 6.45) is 5.02. The number of amides is 1. The molecule has 0 aromatic heterocycles. The van der Waals surface area contributed by atoms with Crippen molar-refractivity contribution in [3.8, 4) is 5.75 Å². The number of halogens is 1. The first-order valence-electron chi connectivity index (χ1n) is 10.1. The van der Waals surface area contributed by atoms with Gasteiger partial charge in [-0.15, -0.1) is 0 Å². The van der Waals surface area contributed by atoms with Crippen LogP contribution < -0.4 is 14.8 Å². The fraction of sp³-hybridized carbons (Fsp3) is 0.409. The van der Waals surface area contributed by atoms with E-state index in [1.54, 1.807) is 37.3 Å². The van der Waals surface area contributed by atoms with Gasteiger partial charge in [-0.25, -0.2) is 13.1 Å². The van der Waals surface area contributed by atoms with Gasteiger partial charge in [-0.3, -0.25) is 4.79 Å². The number of sulfonamides is 1. The summed E-state index contributed by atoms with van der Waals surface area (Å²) in [6.45, 7) is 3.43. The van der Waals surface area contributed by atoms with E-state index in [4.69, 9.17) is 16.3 Å². The molecule has 6 nitrogen and oxygen atoms in total. The fourth-order valence-corrected chi connectivity index (χ4v) is 5.17. The maximum Gasteiger partial charge on any atom is 0.262 e. The minimum atomic E-state index is -3.58. The van der Waals surface area contributed by atoms with Crippen molar-refractivity contribution in [2.75, 3.05) is 11.9 Å². The zero-order valence-corrected chi connectivity index (χ0v) is 18.8. The predicted molar refractivity (Wildman–Crippen MR) is 119 cm³/mol. The number of carbonyl (C=O) groups excluding carboxylic acids is 1. The second-order valence-electron chi connectivity index (χ2n) is 7.68. The Bertz CT molecular complexity index is 1020. The molecule has 0 saturated heterocycles. The normalized spacial score (nSPS) is 15.0. The highest BCUT2D eigenvalue weighted by Gasteiger charge is 2.22. The van der Waals surface area contributed by atoms with Crippen LogP contribution in [0.5, 0.6) is 5.75 Å². The van der Waals surface area contributed by atoms with Crippen molar-refractivity contribution in [1.82, 2.24) is 4.72 Å². The molecule has 30 heavy (non-hydrogen) atoms. The summed E-state index contributed by atoms with van der Waals surface area (Å²) >= 11 is 5.93. The molecular weight excluding hydrogens is 424 g/mol. The lowest BCUT2D eigenvalue weighted by Gasteiger charge is -2.22. The zero-order valence-electron chi connectivity index (χ0n) is 17.2. The van der Waals surface area contributed by atoms with Gasteiger partial charge in [0.15, 0.2) is 6.61 Å². The molecule has 1 saturated carbocycles. The van der Waals surface area contributed by atoms with Gasteiger partial charge >= 0.3 is 0 Å². The van der Waals surface area contributed by atoms with Crippen molar-refractivity contribution in [3.05, 3.63) is 52.5 Å². The lowest BCUT2D eigenvalue weighted by atomic mass is 9.96. The van der Waals surface area contributed by atoms with Gasteiger partial charge < -0.3 is 10.1 Å². The average Bonchev–Trinajstić information content (AvgIpc) is 2.69. The number of ether oxygens (including phenoxy) is 1. The molecule has 0 unspecified atom stereocenters. The molecular formula is C22H27ClN2O4S. The van der Waals surface area contributed by atoms with Crippen molar-refractivity contribution in [2.45, 2.75) is 56.9 Å². The highest BCUT2D eigenvalue weighted by Crippen LogP contribution is 2.24. The molecule has 2 aromatic rings. The van der Waals surface area contributed by atoms with E-state index >= 15 is 0 Å². The number of rotatable bonds is 7. The quantitative estimate of drug-likeness (QED) is 0.646. The van der Waals surface area contributed by atoms with Crippen LogP contribution in [0, 0.1) is 13.8 Å². The molecule has 2 N–H and O–H groups in total. The zero-order chi connectivity index (χ0) is 21.7. The molecule has 0 radical (unpaired) electrons. The highest BCUT2D eigenvalue weighted by molar-refractivity contribution is 7.89. The van der Waals surface area contributed by atoms with Gasteiger partial charge in [-0.1, -0.05) is 30.9 Å². The standard InChI is InChI=1S/C22H27ClN2O4S/c1-15-12-17(23)8-10-20(15)24-22(26)14-29-21-11-9-19(13-16(21)2)30(27,28)25-18-6-4-3-5-7-18/h8-13,18,25H,3-7,14H2,1-2H3,(H,24,26). The Morgan fingerprint density at radius 1 is 1.07 bits per heavy atom. The molecule has 162 valence electrons. The lowest BCUT2D eigenvalue weighted by Crippen LogP contribution is -2.36. The van der Waals surface area contributed by atoms with Crippen LogP contribution in [-0.4, -0.2) is 27.0 Å². The minimum absolute atomic E-state index is 0.00000281. The molecule has 0 bridgehead atoms. The number of anilines is 1. The smallest absolute Gasteiger partial charge is 0.262 e. The number of hydrogen-bond acceptors (Lipinski definition) is 4. The van der Waals surface area contributed by atoms with E-state index < -0.39 is 10.0 Å². The topological polar surface area (TPSA) is 84.5 Å². The fourth-order valence-electron chi connectivity index (χ4n) is 3.56. The Morgan fingerprint density at radius 2 is 1.80 bits per heavy atom. The van der Waals surface area contributed by atoms with E-state index in [-0.39, 0.29) is 23.5 Å². The van der Waals surface area contributed by atoms with E-state index in [0.717, 1.165) is 37.7 Å². The maximum atomic E-state index is 12.7. The van der Waals surface area contributed by atoms with Gasteiger partial charge in [-0.05, 0) is 74.2 Å². The summed E-state index contributed by atoms with van der Waals surface area (Å²) in [5, 5.41) is 3.38. The third kappa shape index (κ3) is 5.97. The van der Waals surface area contributed by atoms with Gasteiger partial charge in [0, 0.05) is 16.8 Å². The van der Waals surface area contributed by atoms with Crippen molar-refractivity contribution in [1.29, 1.82) is 0 Å². The Hall–Kier alpha value is -2.09. The summed E-state index contributed by atoms with van der Waals surface area (Å²) < 4.78 is 33.7. The maximum absolute atomic E-state index is 12.7. The summed E-state index contributed by atoms with van der Waals surface area (Å²) in [5.74, 6) is 0.157. The first-order valence-corrected chi connectivity index (χ1v) is 11.9. The predicted octanol–water partition coefficient (Wildman–Crippen LogP) is 4.59. The number of benzene rings is 2. The lowest BCUT2D eigenvalue weighted by molar-refractivity contribution is -0.118. The molecule has 0 atom stereocenters. The molecule has 2 aromatic carbocycles. The SMILES string of the molecule is Cc1cc(Cl)ccc1NC(=O)COc1ccc(S(=O)(=O)NC2CCCCC2)cc1C. The van der Waals surface area contributed by atoms with E-state index in [0.29, 0.717) is 22.0 Å². The van der Waals surface area contributed by atoms with Crippen LogP contribution in [-0.2, 0) is 14.8 Å². The summed E-state index contributed by atoms with van der Waals surface area (Å²) in [7, 11) is -3.58. The van der Waals surface area contributed by atoms with Crippen LogP contribution in [0.15, 0.2) is 41.3 Å². The van der Waals surface area contributed by atoms with Gasteiger partial charge in [0.1, 0.15) is 5.75 Å². The second-order valence-corrected chi connectivity index (χ2v) is 9.83. The number of hydrogen-bond donors (Lipinski definition) is 2. The molecule has 3 rings (SSSR count). The van der Waals surface area contributed by atoms with Gasteiger partial charge in [0.05, 0.1) is 4.90 Å². The Balaban J connectivity index is 1.60. The summed E-state index contributed by atoms with van der Waals surface area (Å²) in [4.78, 5) is 12.4. The largest absolute Gasteiger partial charge is 0.483 e. The van der Waals surface area contributed by atoms with Crippen molar-refractivity contribution >= 4 is 33.2 Å². The second kappa shape index (κ2) is 9.81. The number of aryl methyl sites for hydroxylation is 2. The molecule has 8 heteroatoms. The third-order valence-corrected chi connectivity index (χ3v) is 6.96. The monoisotopic (exact) mass is 450 g/mol. The van der Waals surface area contributed by atoms with E-state index in [1.165, 1.54) is 6.07 Å². The van der Waals surface area contributed by atoms with Crippen LogP contribution in [0.2, 0.25) is 5.02 Å². The Kier molecular flexibility index (Phi) is 7.39. The molecule has 1 fully saturated rings. The third-order valence-electron chi connectivity index (χ3n) is 5.20. The van der Waals surface area contributed by atoms with Crippen LogP contribution in [0.1, 0.15) is 43.2 Å². The molecule has 1 aliphatic carbocycles. The molecule has 1 amide bonds. The van der Waals surface area contributed by atoms with Gasteiger partial charge in [-0.2, -0.15) is 0 Å². The van der Waals surface area contributed by atoms with E-state index in [2.05, 4.69) is 10.0 Å². The minimum Gasteiger partial charge on any atom is -0.483 e. The molecule has 1 aliphatic rings. The van der Waals surface area contributed by atoms with Crippen LogP contribution in [0.4, 0.5) is 5.69 Å². The number of carbonyl (C=O) groups is 1. The summed E-state index contributed by atoms with van der Waals surface area (Å²) in [5.41, 5.74) is 2.17. The van der Waals surface area contributed by atoms with Crippen LogP contribution in [0.3, 0.4) is 0 Å². The van der Waals surface area contributed by atoms with Crippen molar-refractivity contribution in [3.63, 3.8) is 0 Å². The molecule has 0 spiro atoms. The van der Waals surface area contributed by atoms with Gasteiger partial charge in [0.25, 0.3) is 5.91 Å². The average molecular weight is 451 g/mol. The first kappa shape index (κ1) is 22.6. The first-order chi connectivity index (χ1) is 14.2. The van der Waals surface area contributed by atoms with Crippen molar-refractivity contribution < 1.29 is 17.9 Å². The highest BCUT2D eigenvalue weighted by atomic mass is 35.5. The van der Waals surface area contributed by atoms with E-state index in [9.17, 15) is 13.2 Å². The summed E-state index contributed by atoms with van der Waals surface area (Å²) in [6, 6.07) is 9.88. The van der Waals surface area contributed by atoms with Gasteiger partial charge in [0.2, 0.25) is 10.0 Å². The van der Waals surface area contributed by atoms with E-state index in [1.807, 2.05) is 6.92 Å². The molecule has 0 aliphatic heterocycles. The Labute approximate surface area is 183 Å². The van der Waals surface area contributed by atoms with Crippen LogP contribution in [0.25, 0.3) is 0 Å². The molecule has 0 heterocycles. The number of nitrogens with one attached hydrogen (secondary N) is 2.